The van der Waals surface area contributed by atoms with E-state index in [4.69, 9.17) is 0 Å². The third-order valence-electron chi connectivity index (χ3n) is 3.11. The van der Waals surface area contributed by atoms with Gasteiger partial charge < -0.3 is 0 Å². The summed E-state index contributed by atoms with van der Waals surface area (Å²) in [6, 6.07) is 7.19. The molecule has 1 aromatic rings. The van der Waals surface area contributed by atoms with Gasteiger partial charge in [-0.15, -0.1) is 0 Å². The minimum absolute atomic E-state index is 0.0507. The number of sulfonamides is 1. The summed E-state index contributed by atoms with van der Waals surface area (Å²) < 4.78 is 27.3. The van der Waals surface area contributed by atoms with Crippen molar-refractivity contribution >= 4 is 10.0 Å². The molecule has 0 radical (unpaired) electrons. The summed E-state index contributed by atoms with van der Waals surface area (Å²) in [7, 11) is -3.44. The van der Waals surface area contributed by atoms with Gasteiger partial charge in [-0.2, -0.15) is 4.31 Å². The molecule has 108 valence electrons. The molecule has 0 bridgehead atoms. The highest BCUT2D eigenvalue weighted by molar-refractivity contribution is 7.89. The van der Waals surface area contributed by atoms with Crippen LogP contribution in [0.2, 0.25) is 0 Å². The molecule has 1 rings (SSSR count). The van der Waals surface area contributed by atoms with Gasteiger partial charge in [-0.25, -0.2) is 8.42 Å². The number of hydrogen-bond acceptors (Lipinski definition) is 2. The van der Waals surface area contributed by atoms with E-state index in [2.05, 4.69) is 0 Å². The summed E-state index contributed by atoms with van der Waals surface area (Å²) >= 11 is 0. The fourth-order valence-corrected chi connectivity index (χ4v) is 4.65. The monoisotopic (exact) mass is 283 g/mol. The van der Waals surface area contributed by atoms with Crippen molar-refractivity contribution in [1.29, 1.82) is 0 Å². The van der Waals surface area contributed by atoms with E-state index in [1.807, 2.05) is 53.7 Å². The van der Waals surface area contributed by atoms with Gasteiger partial charge in [0.15, 0.2) is 0 Å². The minimum atomic E-state index is -3.44. The van der Waals surface area contributed by atoms with Crippen LogP contribution >= 0.6 is 0 Å². The summed E-state index contributed by atoms with van der Waals surface area (Å²) in [5, 5.41) is 0. The summed E-state index contributed by atoms with van der Waals surface area (Å²) in [6.45, 7) is 11.7. The van der Waals surface area contributed by atoms with E-state index >= 15 is 0 Å². The summed E-state index contributed by atoms with van der Waals surface area (Å²) in [6.07, 6.45) is 0. The van der Waals surface area contributed by atoms with Crippen LogP contribution in [-0.4, -0.2) is 24.8 Å². The van der Waals surface area contributed by atoms with Gasteiger partial charge in [0.1, 0.15) is 0 Å². The van der Waals surface area contributed by atoms with Gasteiger partial charge >= 0.3 is 0 Å². The quantitative estimate of drug-likeness (QED) is 0.827. The Balaban J connectivity index is 3.42. The molecule has 0 spiro atoms. The number of benzene rings is 1. The Morgan fingerprint density at radius 3 is 1.79 bits per heavy atom. The van der Waals surface area contributed by atoms with E-state index < -0.39 is 10.0 Å². The molecule has 19 heavy (non-hydrogen) atoms. The molecule has 0 amide bonds. The molecule has 0 aliphatic rings. The van der Waals surface area contributed by atoms with Crippen LogP contribution in [0.5, 0.6) is 0 Å². The van der Waals surface area contributed by atoms with Crippen molar-refractivity contribution in [2.75, 3.05) is 0 Å². The molecule has 0 atom stereocenters. The summed E-state index contributed by atoms with van der Waals surface area (Å²) in [5.41, 5.74) is 0.883. The van der Waals surface area contributed by atoms with Crippen molar-refractivity contribution in [2.45, 2.75) is 64.4 Å². The molecule has 0 aliphatic carbocycles. The predicted molar refractivity (Wildman–Crippen MR) is 79.8 cm³/mol. The fraction of sp³-hybridized carbons (Fsp3) is 0.600. The topological polar surface area (TPSA) is 37.4 Å². The Labute approximate surface area is 117 Å². The maximum Gasteiger partial charge on any atom is 0.243 e. The second kappa shape index (κ2) is 6.06. The smallest absolute Gasteiger partial charge is 0.207 e. The van der Waals surface area contributed by atoms with Crippen LogP contribution in [0.3, 0.4) is 0 Å². The summed E-state index contributed by atoms with van der Waals surface area (Å²) in [4.78, 5) is 0.437. The minimum Gasteiger partial charge on any atom is -0.207 e. The molecule has 0 saturated heterocycles. The van der Waals surface area contributed by atoms with Crippen LogP contribution in [0.15, 0.2) is 29.2 Å². The Morgan fingerprint density at radius 1 is 0.895 bits per heavy atom. The molecule has 0 aromatic heterocycles. The average molecular weight is 283 g/mol. The average Bonchev–Trinajstić information content (AvgIpc) is 2.27. The zero-order valence-corrected chi connectivity index (χ0v) is 13.5. The van der Waals surface area contributed by atoms with Crippen LogP contribution in [0.4, 0.5) is 0 Å². The first-order valence-electron chi connectivity index (χ1n) is 6.82. The van der Waals surface area contributed by atoms with Gasteiger partial charge in [0.05, 0.1) is 4.90 Å². The van der Waals surface area contributed by atoms with Gasteiger partial charge in [0.25, 0.3) is 0 Å². The van der Waals surface area contributed by atoms with Crippen LogP contribution in [0.1, 0.15) is 53.0 Å². The van der Waals surface area contributed by atoms with Crippen LogP contribution in [0, 0.1) is 0 Å². The van der Waals surface area contributed by atoms with Crippen LogP contribution < -0.4 is 0 Å². The van der Waals surface area contributed by atoms with Gasteiger partial charge in [-0.3, -0.25) is 0 Å². The highest BCUT2D eigenvalue weighted by atomic mass is 32.2. The second-order valence-corrected chi connectivity index (χ2v) is 7.53. The normalized spacial score (nSPS) is 12.9. The third-order valence-corrected chi connectivity index (χ3v) is 5.44. The molecule has 0 aliphatic heterocycles. The first-order chi connectivity index (χ1) is 8.69. The van der Waals surface area contributed by atoms with E-state index in [0.717, 1.165) is 5.56 Å². The lowest BCUT2D eigenvalue weighted by Gasteiger charge is -2.30. The largest absolute Gasteiger partial charge is 0.243 e. The SMILES string of the molecule is CC(C)c1ccccc1S(=O)(=O)N(C(C)C)C(C)C. The molecule has 1 aromatic carbocycles. The van der Waals surface area contributed by atoms with Crippen molar-refractivity contribution in [1.82, 2.24) is 4.31 Å². The highest BCUT2D eigenvalue weighted by Crippen LogP contribution is 2.28. The Hall–Kier alpha value is -0.870. The van der Waals surface area contributed by atoms with Crippen LogP contribution in [-0.2, 0) is 10.0 Å². The first-order valence-corrected chi connectivity index (χ1v) is 8.26. The number of hydrogen-bond donors (Lipinski definition) is 0. The lowest BCUT2D eigenvalue weighted by Crippen LogP contribution is -2.42. The molecular weight excluding hydrogens is 258 g/mol. The molecule has 0 N–H and O–H groups in total. The predicted octanol–water partition coefficient (Wildman–Crippen LogP) is 3.62. The molecule has 0 fully saturated rings. The third kappa shape index (κ3) is 3.37. The Morgan fingerprint density at radius 2 is 1.37 bits per heavy atom. The summed E-state index contributed by atoms with van der Waals surface area (Å²) in [5.74, 6) is 0.187. The van der Waals surface area contributed by atoms with E-state index in [1.54, 1.807) is 16.4 Å². The van der Waals surface area contributed by atoms with E-state index in [9.17, 15) is 8.42 Å². The zero-order chi connectivity index (χ0) is 14.8. The maximum atomic E-state index is 12.9. The van der Waals surface area contributed by atoms with Gasteiger partial charge in [0, 0.05) is 12.1 Å². The van der Waals surface area contributed by atoms with Crippen molar-refractivity contribution in [3.63, 3.8) is 0 Å². The molecular formula is C15H25NO2S. The standard InChI is InChI=1S/C15H25NO2S/c1-11(2)14-9-7-8-10-15(14)19(17,18)16(12(3)4)13(5)6/h7-13H,1-6H3. The molecule has 0 saturated carbocycles. The van der Waals surface area contributed by atoms with Gasteiger partial charge in [-0.1, -0.05) is 32.0 Å². The van der Waals surface area contributed by atoms with E-state index in [-0.39, 0.29) is 18.0 Å². The second-order valence-electron chi connectivity index (χ2n) is 5.71. The number of nitrogens with zero attached hydrogens (tertiary/aromatic N) is 1. The molecule has 3 nitrogen and oxygen atoms in total. The Bertz CT molecular complexity index is 511. The fourth-order valence-electron chi connectivity index (χ4n) is 2.46. The lowest BCUT2D eigenvalue weighted by molar-refractivity contribution is 0.302. The van der Waals surface area contributed by atoms with Crippen molar-refractivity contribution in [3.8, 4) is 0 Å². The Kier molecular flexibility index (Phi) is 5.16. The maximum absolute atomic E-state index is 12.9. The van der Waals surface area contributed by atoms with Gasteiger partial charge in [0.2, 0.25) is 10.0 Å². The number of rotatable bonds is 5. The van der Waals surface area contributed by atoms with Crippen molar-refractivity contribution in [3.05, 3.63) is 29.8 Å². The highest BCUT2D eigenvalue weighted by Gasteiger charge is 2.31. The zero-order valence-electron chi connectivity index (χ0n) is 12.7. The van der Waals surface area contributed by atoms with E-state index in [1.165, 1.54) is 0 Å². The molecule has 0 heterocycles. The van der Waals surface area contributed by atoms with Crippen LogP contribution in [0.25, 0.3) is 0 Å². The molecule has 4 heteroatoms. The van der Waals surface area contributed by atoms with Gasteiger partial charge in [-0.05, 0) is 45.2 Å². The van der Waals surface area contributed by atoms with Crippen molar-refractivity contribution in [2.24, 2.45) is 0 Å². The first kappa shape index (κ1) is 16.2. The van der Waals surface area contributed by atoms with E-state index in [0.29, 0.717) is 4.90 Å². The molecule has 0 unspecified atom stereocenters. The lowest BCUT2D eigenvalue weighted by atomic mass is 10.0. The van der Waals surface area contributed by atoms with Crippen molar-refractivity contribution < 1.29 is 8.42 Å².